The molecule has 148 valence electrons. The van der Waals surface area contributed by atoms with Gasteiger partial charge in [-0.15, -0.1) is 13.2 Å². The molecule has 1 atom stereocenters. The minimum absolute atomic E-state index is 0.567. The lowest BCUT2D eigenvalue weighted by Gasteiger charge is -2.16. The fourth-order valence-corrected chi connectivity index (χ4v) is 3.15. The van der Waals surface area contributed by atoms with Gasteiger partial charge in [0.15, 0.2) is 0 Å². The van der Waals surface area contributed by atoms with E-state index >= 15 is 0 Å². The van der Waals surface area contributed by atoms with Crippen molar-refractivity contribution in [3.05, 3.63) is 25.3 Å². The molecule has 0 aliphatic rings. The van der Waals surface area contributed by atoms with E-state index in [2.05, 4.69) is 13.2 Å². The lowest BCUT2D eigenvalue weighted by atomic mass is 10.0. The minimum Gasteiger partial charge on any atom is -0.384 e. The summed E-state index contributed by atoms with van der Waals surface area (Å²) >= 11 is 0. The van der Waals surface area contributed by atoms with Crippen molar-refractivity contribution in [2.24, 2.45) is 5.92 Å². The molecule has 0 amide bonds. The number of allylic oxidation sites excluding steroid dienone is 2. The summed E-state index contributed by atoms with van der Waals surface area (Å²) in [6, 6.07) is 0. The zero-order valence-electron chi connectivity index (χ0n) is 17.0. The van der Waals surface area contributed by atoms with Gasteiger partial charge in [-0.2, -0.15) is 0 Å². The van der Waals surface area contributed by atoms with E-state index in [9.17, 15) is 0 Å². The van der Waals surface area contributed by atoms with E-state index in [-0.39, 0.29) is 0 Å². The van der Waals surface area contributed by atoms with Crippen molar-refractivity contribution in [2.75, 3.05) is 26.9 Å². The van der Waals surface area contributed by atoms with Gasteiger partial charge >= 0.3 is 0 Å². The Hall–Kier alpha value is -0.600. The van der Waals surface area contributed by atoms with Crippen LogP contribution >= 0.6 is 0 Å². The fraction of sp³-hybridized carbons (Fsp3) is 0.826. The normalized spacial score (nSPS) is 12.2. The first-order valence-corrected chi connectivity index (χ1v) is 10.6. The Balaban J connectivity index is 3.43. The van der Waals surface area contributed by atoms with E-state index in [1.165, 1.54) is 83.5 Å². The van der Waals surface area contributed by atoms with E-state index in [0.29, 0.717) is 5.92 Å². The summed E-state index contributed by atoms with van der Waals surface area (Å²) in [7, 11) is 1.80. The Morgan fingerprint density at radius 3 is 1.76 bits per heavy atom. The quantitative estimate of drug-likeness (QED) is 0.162. The summed E-state index contributed by atoms with van der Waals surface area (Å²) in [4.78, 5) is 0. The van der Waals surface area contributed by atoms with E-state index < -0.39 is 0 Å². The molecule has 0 radical (unpaired) electrons. The fourth-order valence-electron chi connectivity index (χ4n) is 3.15. The van der Waals surface area contributed by atoms with E-state index in [1.807, 2.05) is 12.2 Å². The van der Waals surface area contributed by atoms with E-state index in [4.69, 9.17) is 9.47 Å². The van der Waals surface area contributed by atoms with Crippen LogP contribution in [-0.2, 0) is 9.47 Å². The Kier molecular flexibility index (Phi) is 20.9. The molecule has 2 nitrogen and oxygen atoms in total. The Morgan fingerprint density at radius 1 is 0.680 bits per heavy atom. The summed E-state index contributed by atoms with van der Waals surface area (Å²) in [6.45, 7) is 10.1. The predicted molar refractivity (Wildman–Crippen MR) is 111 cm³/mol. The van der Waals surface area contributed by atoms with Crippen LogP contribution < -0.4 is 0 Å². The topological polar surface area (TPSA) is 18.5 Å². The van der Waals surface area contributed by atoms with Gasteiger partial charge in [0.05, 0.1) is 13.2 Å². The van der Waals surface area contributed by atoms with Crippen LogP contribution in [0, 0.1) is 5.92 Å². The maximum Gasteiger partial charge on any atom is 0.0516 e. The largest absolute Gasteiger partial charge is 0.384 e. The SMILES string of the molecule is C=CCCCCCCCCOCC(CCCCCCCC=C)COC. The summed E-state index contributed by atoms with van der Waals surface area (Å²) in [5.41, 5.74) is 0. The maximum atomic E-state index is 5.90. The third kappa shape index (κ3) is 19.6. The standard InChI is InChI=1S/C23H44O2/c1-4-6-8-10-12-14-16-18-20-25-22-23(21-24-3)19-17-15-13-11-9-7-5-2/h4-5,23H,1-2,6-22H2,3H3. The highest BCUT2D eigenvalue weighted by atomic mass is 16.5. The van der Waals surface area contributed by atoms with Crippen LogP contribution in [0.3, 0.4) is 0 Å². The Bertz CT molecular complexity index is 275. The van der Waals surface area contributed by atoms with Crippen molar-refractivity contribution in [3.63, 3.8) is 0 Å². The van der Waals surface area contributed by atoms with Crippen LogP contribution in [0.25, 0.3) is 0 Å². The molecule has 25 heavy (non-hydrogen) atoms. The highest BCUT2D eigenvalue weighted by Crippen LogP contribution is 2.14. The molecule has 0 aliphatic heterocycles. The molecule has 0 aromatic heterocycles. The molecule has 0 N–H and O–H groups in total. The van der Waals surface area contributed by atoms with Crippen LogP contribution in [0.4, 0.5) is 0 Å². The second kappa shape index (κ2) is 21.4. The van der Waals surface area contributed by atoms with Crippen molar-refractivity contribution < 1.29 is 9.47 Å². The van der Waals surface area contributed by atoms with Crippen molar-refractivity contribution in [1.29, 1.82) is 0 Å². The van der Waals surface area contributed by atoms with Crippen molar-refractivity contribution in [1.82, 2.24) is 0 Å². The van der Waals surface area contributed by atoms with Gasteiger partial charge in [-0.3, -0.25) is 0 Å². The van der Waals surface area contributed by atoms with Crippen LogP contribution in [-0.4, -0.2) is 26.9 Å². The van der Waals surface area contributed by atoms with E-state index in [0.717, 1.165) is 26.2 Å². The van der Waals surface area contributed by atoms with Gasteiger partial charge in [0.25, 0.3) is 0 Å². The monoisotopic (exact) mass is 352 g/mol. The van der Waals surface area contributed by atoms with Gasteiger partial charge in [0, 0.05) is 19.6 Å². The molecule has 0 aromatic carbocycles. The third-order valence-corrected chi connectivity index (χ3v) is 4.72. The van der Waals surface area contributed by atoms with Crippen LogP contribution in [0.2, 0.25) is 0 Å². The number of unbranched alkanes of at least 4 members (excludes halogenated alkanes) is 11. The van der Waals surface area contributed by atoms with Gasteiger partial charge in [0.2, 0.25) is 0 Å². The maximum absolute atomic E-state index is 5.90. The van der Waals surface area contributed by atoms with Crippen molar-refractivity contribution in [3.8, 4) is 0 Å². The zero-order chi connectivity index (χ0) is 18.4. The number of methoxy groups -OCH3 is 1. The second-order valence-electron chi connectivity index (χ2n) is 7.23. The first kappa shape index (κ1) is 24.4. The molecule has 0 spiro atoms. The average molecular weight is 353 g/mol. The number of ether oxygens (including phenoxy) is 2. The van der Waals surface area contributed by atoms with Crippen LogP contribution in [0.1, 0.15) is 89.9 Å². The molecule has 0 bridgehead atoms. The first-order valence-electron chi connectivity index (χ1n) is 10.6. The van der Waals surface area contributed by atoms with Crippen molar-refractivity contribution >= 4 is 0 Å². The lowest BCUT2D eigenvalue weighted by molar-refractivity contribution is 0.0513. The summed E-state index contributed by atoms with van der Waals surface area (Å²) in [5, 5.41) is 0. The molecular weight excluding hydrogens is 308 g/mol. The zero-order valence-corrected chi connectivity index (χ0v) is 17.0. The van der Waals surface area contributed by atoms with Crippen LogP contribution in [0.15, 0.2) is 25.3 Å². The number of rotatable bonds is 21. The predicted octanol–water partition coefficient (Wildman–Crippen LogP) is 7.10. The summed E-state index contributed by atoms with van der Waals surface area (Å²) in [6.07, 6.45) is 22.1. The molecule has 0 aromatic rings. The number of hydrogen-bond donors (Lipinski definition) is 0. The second-order valence-corrected chi connectivity index (χ2v) is 7.23. The molecule has 0 fully saturated rings. The van der Waals surface area contributed by atoms with E-state index in [1.54, 1.807) is 7.11 Å². The molecule has 0 saturated heterocycles. The summed E-state index contributed by atoms with van der Waals surface area (Å²) < 4.78 is 11.3. The Morgan fingerprint density at radius 2 is 1.20 bits per heavy atom. The minimum atomic E-state index is 0.567. The van der Waals surface area contributed by atoms with Crippen LogP contribution in [0.5, 0.6) is 0 Å². The van der Waals surface area contributed by atoms with Gasteiger partial charge < -0.3 is 9.47 Å². The molecule has 2 heteroatoms. The highest BCUT2D eigenvalue weighted by molar-refractivity contribution is 4.66. The lowest BCUT2D eigenvalue weighted by Crippen LogP contribution is -2.16. The number of hydrogen-bond acceptors (Lipinski definition) is 2. The van der Waals surface area contributed by atoms with Gasteiger partial charge in [0.1, 0.15) is 0 Å². The molecular formula is C23H44O2. The smallest absolute Gasteiger partial charge is 0.0516 e. The summed E-state index contributed by atoms with van der Waals surface area (Å²) in [5.74, 6) is 0.567. The highest BCUT2D eigenvalue weighted by Gasteiger charge is 2.08. The van der Waals surface area contributed by atoms with Gasteiger partial charge in [-0.05, 0) is 38.5 Å². The van der Waals surface area contributed by atoms with Crippen molar-refractivity contribution in [2.45, 2.75) is 89.9 Å². The average Bonchev–Trinajstić information content (AvgIpc) is 2.62. The third-order valence-electron chi connectivity index (χ3n) is 4.72. The molecule has 0 heterocycles. The van der Waals surface area contributed by atoms with Gasteiger partial charge in [-0.1, -0.05) is 63.5 Å². The molecule has 0 aliphatic carbocycles. The first-order chi connectivity index (χ1) is 12.3. The molecule has 1 unspecified atom stereocenters. The van der Waals surface area contributed by atoms with Gasteiger partial charge in [-0.25, -0.2) is 0 Å². The molecule has 0 rings (SSSR count). The molecule has 0 saturated carbocycles. The Labute approximate surface area is 158 Å².